The number of rotatable bonds is 1. The van der Waals surface area contributed by atoms with Gasteiger partial charge in [-0.2, -0.15) is 4.39 Å². The molecule has 104 valence electrons. The van der Waals surface area contributed by atoms with Gasteiger partial charge in [0.15, 0.2) is 17.3 Å². The lowest BCUT2D eigenvalue weighted by Crippen LogP contribution is -2.18. The summed E-state index contributed by atoms with van der Waals surface area (Å²) >= 11 is 1.08. The van der Waals surface area contributed by atoms with Crippen molar-refractivity contribution >= 4 is 17.1 Å². The number of hydrogen-bond donors (Lipinski definition) is 1. The van der Waals surface area contributed by atoms with Crippen LogP contribution in [0.25, 0.3) is 10.6 Å². The summed E-state index contributed by atoms with van der Waals surface area (Å²) in [5, 5.41) is 9.40. The van der Waals surface area contributed by atoms with Crippen LogP contribution in [0.1, 0.15) is 28.7 Å². The number of aromatic nitrogens is 1. The van der Waals surface area contributed by atoms with E-state index in [2.05, 4.69) is 4.98 Å². The quantitative estimate of drug-likeness (QED) is 0.875. The molecule has 1 aromatic carbocycles. The zero-order valence-electron chi connectivity index (χ0n) is 10.6. The fourth-order valence-corrected chi connectivity index (χ4v) is 3.43. The maximum Gasteiger partial charge on any atom is 0.201 e. The first-order valence-electron chi connectivity index (χ1n) is 6.20. The molecule has 2 aromatic rings. The zero-order valence-corrected chi connectivity index (χ0v) is 11.4. The second kappa shape index (κ2) is 4.63. The summed E-state index contributed by atoms with van der Waals surface area (Å²) in [7, 11) is 0. The number of phenolic OH excluding ortho intramolecular Hbond substituents is 1. The van der Waals surface area contributed by atoms with Crippen molar-refractivity contribution in [1.82, 2.24) is 4.98 Å². The van der Waals surface area contributed by atoms with E-state index >= 15 is 0 Å². The molecule has 20 heavy (non-hydrogen) atoms. The molecule has 0 saturated heterocycles. The maximum atomic E-state index is 13.8. The van der Waals surface area contributed by atoms with Gasteiger partial charge in [-0.05, 0) is 25.0 Å². The number of fused-ring (bicyclic) bond motifs is 1. The number of ketones is 1. The number of carbonyl (C=O) groups is 1. The van der Waals surface area contributed by atoms with Crippen molar-refractivity contribution in [1.29, 1.82) is 0 Å². The van der Waals surface area contributed by atoms with Crippen LogP contribution in [0.3, 0.4) is 0 Å². The normalized spacial score (nSPS) is 18.1. The van der Waals surface area contributed by atoms with Crippen molar-refractivity contribution in [2.24, 2.45) is 5.92 Å². The number of carbonyl (C=O) groups excluding carboxylic acids is 1. The lowest BCUT2D eigenvalue weighted by molar-refractivity contribution is 0.0917. The largest absolute Gasteiger partial charge is 0.505 e. The van der Waals surface area contributed by atoms with Gasteiger partial charge >= 0.3 is 0 Å². The first kappa shape index (κ1) is 13.2. The average molecular weight is 295 g/mol. The van der Waals surface area contributed by atoms with Crippen LogP contribution in [0.4, 0.5) is 8.78 Å². The number of Topliss-reactive ketones (excluding diaryl/α,β-unsaturated/α-hetero) is 1. The van der Waals surface area contributed by atoms with Gasteiger partial charge in [0.25, 0.3) is 0 Å². The molecule has 0 spiro atoms. The molecule has 3 nitrogen and oxygen atoms in total. The van der Waals surface area contributed by atoms with Gasteiger partial charge in [-0.3, -0.25) is 4.79 Å². The monoisotopic (exact) mass is 295 g/mol. The number of halogens is 2. The van der Waals surface area contributed by atoms with E-state index in [1.807, 2.05) is 6.92 Å². The number of aryl methyl sites for hydroxylation is 1. The molecule has 1 N–H and O–H groups in total. The van der Waals surface area contributed by atoms with Crippen LogP contribution >= 0.6 is 11.3 Å². The highest BCUT2D eigenvalue weighted by Gasteiger charge is 2.29. The molecule has 0 radical (unpaired) electrons. The molecular weight excluding hydrogens is 284 g/mol. The van der Waals surface area contributed by atoms with Crippen LogP contribution in [0.2, 0.25) is 0 Å². The highest BCUT2D eigenvalue weighted by atomic mass is 32.1. The molecule has 0 amide bonds. The molecule has 1 heterocycles. The third-order valence-electron chi connectivity index (χ3n) is 3.48. The van der Waals surface area contributed by atoms with Crippen molar-refractivity contribution in [2.75, 3.05) is 0 Å². The minimum absolute atomic E-state index is 0.00894. The molecule has 6 heteroatoms. The predicted octanol–water partition coefficient (Wildman–Crippen LogP) is 3.56. The van der Waals surface area contributed by atoms with Gasteiger partial charge in [0.05, 0.1) is 10.6 Å². The highest BCUT2D eigenvalue weighted by Crippen LogP contribution is 2.37. The lowest BCUT2D eigenvalue weighted by Gasteiger charge is -2.14. The van der Waals surface area contributed by atoms with E-state index in [0.29, 0.717) is 17.0 Å². The Morgan fingerprint density at radius 1 is 1.35 bits per heavy atom. The summed E-state index contributed by atoms with van der Waals surface area (Å²) in [5.41, 5.74) is 0.626. The van der Waals surface area contributed by atoms with Gasteiger partial charge in [-0.1, -0.05) is 6.92 Å². The molecule has 0 bridgehead atoms. The Labute approximate surface area is 117 Å². The molecule has 0 saturated carbocycles. The Kier molecular flexibility index (Phi) is 3.05. The maximum absolute atomic E-state index is 13.8. The topological polar surface area (TPSA) is 50.2 Å². The van der Waals surface area contributed by atoms with Gasteiger partial charge in [-0.25, -0.2) is 9.37 Å². The number of nitrogens with zero attached hydrogens (tertiary/aromatic N) is 1. The number of thiazole rings is 1. The van der Waals surface area contributed by atoms with Crippen LogP contribution in [-0.4, -0.2) is 15.9 Å². The van der Waals surface area contributed by atoms with Gasteiger partial charge in [0.1, 0.15) is 5.01 Å². The predicted molar refractivity (Wildman–Crippen MR) is 70.9 cm³/mol. The SMILES string of the molecule is CC1CCc2nc(-c3ccc(O)c(F)c3F)sc2C1=O. The van der Waals surface area contributed by atoms with E-state index in [-0.39, 0.29) is 22.3 Å². The molecular formula is C14H11F2NO2S. The summed E-state index contributed by atoms with van der Waals surface area (Å²) < 4.78 is 27.2. The molecule has 3 rings (SSSR count). The summed E-state index contributed by atoms with van der Waals surface area (Å²) in [6.07, 6.45) is 1.39. The Balaban J connectivity index is 2.11. The Morgan fingerprint density at radius 3 is 2.85 bits per heavy atom. The Hall–Kier alpha value is -1.82. The summed E-state index contributed by atoms with van der Waals surface area (Å²) in [4.78, 5) is 16.8. The van der Waals surface area contributed by atoms with E-state index in [1.54, 1.807) is 0 Å². The van der Waals surface area contributed by atoms with Crippen LogP contribution < -0.4 is 0 Å². The first-order valence-corrected chi connectivity index (χ1v) is 7.02. The van der Waals surface area contributed by atoms with Crippen LogP contribution in [0.15, 0.2) is 12.1 Å². The number of benzene rings is 1. The van der Waals surface area contributed by atoms with Gasteiger partial charge in [0, 0.05) is 11.5 Å². The van der Waals surface area contributed by atoms with Crippen LogP contribution in [0, 0.1) is 17.6 Å². The zero-order chi connectivity index (χ0) is 14.4. The van der Waals surface area contributed by atoms with Gasteiger partial charge in [-0.15, -0.1) is 11.3 Å². The number of aromatic hydroxyl groups is 1. The summed E-state index contributed by atoms with van der Waals surface area (Å²) in [6, 6.07) is 2.35. The highest BCUT2D eigenvalue weighted by molar-refractivity contribution is 7.17. The van der Waals surface area contributed by atoms with Crippen LogP contribution in [-0.2, 0) is 6.42 Å². The van der Waals surface area contributed by atoms with Crippen molar-refractivity contribution in [3.05, 3.63) is 34.3 Å². The van der Waals surface area contributed by atoms with Crippen molar-refractivity contribution in [2.45, 2.75) is 19.8 Å². The smallest absolute Gasteiger partial charge is 0.201 e. The van der Waals surface area contributed by atoms with Crippen molar-refractivity contribution in [3.63, 3.8) is 0 Å². The molecule has 1 aliphatic rings. The summed E-state index contributed by atoms with van der Waals surface area (Å²) in [6.45, 7) is 1.85. The van der Waals surface area contributed by atoms with E-state index in [4.69, 9.17) is 5.11 Å². The van der Waals surface area contributed by atoms with Gasteiger partial charge in [0.2, 0.25) is 5.82 Å². The standard InChI is InChI=1S/C14H11F2NO2S/c1-6-2-4-8-13(12(6)19)20-14(17-8)7-3-5-9(18)11(16)10(7)15/h3,5-6,18H,2,4H2,1H3. The molecule has 1 aliphatic carbocycles. The lowest BCUT2D eigenvalue weighted by atomic mass is 9.92. The third-order valence-corrected chi connectivity index (χ3v) is 4.62. The van der Waals surface area contributed by atoms with Gasteiger partial charge < -0.3 is 5.11 Å². The second-order valence-corrected chi connectivity index (χ2v) is 5.86. The fourth-order valence-electron chi connectivity index (χ4n) is 2.24. The molecule has 1 unspecified atom stereocenters. The third kappa shape index (κ3) is 1.91. The minimum Gasteiger partial charge on any atom is -0.505 e. The fraction of sp³-hybridized carbons (Fsp3) is 0.286. The van der Waals surface area contributed by atoms with Crippen molar-refractivity contribution in [3.8, 4) is 16.3 Å². The Morgan fingerprint density at radius 2 is 2.10 bits per heavy atom. The number of phenols is 1. The number of hydrogen-bond acceptors (Lipinski definition) is 4. The second-order valence-electron chi connectivity index (χ2n) is 4.86. The van der Waals surface area contributed by atoms with Crippen LogP contribution in [0.5, 0.6) is 5.75 Å². The molecule has 0 aliphatic heterocycles. The van der Waals surface area contributed by atoms with E-state index in [9.17, 15) is 13.6 Å². The van der Waals surface area contributed by atoms with E-state index < -0.39 is 17.4 Å². The Bertz CT molecular complexity index is 711. The molecule has 0 fully saturated rings. The molecule has 1 atom stereocenters. The summed E-state index contributed by atoms with van der Waals surface area (Å²) in [5.74, 6) is -3.23. The van der Waals surface area contributed by atoms with E-state index in [1.165, 1.54) is 6.07 Å². The average Bonchev–Trinajstić information content (AvgIpc) is 2.85. The minimum atomic E-state index is -1.30. The van der Waals surface area contributed by atoms with E-state index in [0.717, 1.165) is 23.8 Å². The van der Waals surface area contributed by atoms with Crippen molar-refractivity contribution < 1.29 is 18.7 Å². The molecule has 1 aromatic heterocycles. The first-order chi connectivity index (χ1) is 9.49.